The van der Waals surface area contributed by atoms with E-state index in [4.69, 9.17) is 0 Å². The summed E-state index contributed by atoms with van der Waals surface area (Å²) in [5.41, 5.74) is 3.38. The highest BCUT2D eigenvalue weighted by Crippen LogP contribution is 2.21. The van der Waals surface area contributed by atoms with Crippen molar-refractivity contribution in [3.8, 4) is 0 Å². The molecule has 18 heavy (non-hydrogen) atoms. The summed E-state index contributed by atoms with van der Waals surface area (Å²) >= 11 is 0. The van der Waals surface area contributed by atoms with Crippen molar-refractivity contribution in [3.63, 3.8) is 0 Å². The van der Waals surface area contributed by atoms with Crippen LogP contribution in [0, 0.1) is 6.92 Å². The Balaban J connectivity index is 1.86. The van der Waals surface area contributed by atoms with Gasteiger partial charge in [-0.25, -0.2) is 0 Å². The molecule has 0 saturated heterocycles. The number of aryl methyl sites for hydroxylation is 2. The van der Waals surface area contributed by atoms with Crippen molar-refractivity contribution in [1.29, 1.82) is 0 Å². The Labute approximate surface area is 108 Å². The molecule has 0 amide bonds. The van der Waals surface area contributed by atoms with E-state index in [9.17, 15) is 5.11 Å². The van der Waals surface area contributed by atoms with Gasteiger partial charge in [-0.2, -0.15) is 0 Å². The Morgan fingerprint density at radius 3 is 2.67 bits per heavy atom. The summed E-state index contributed by atoms with van der Waals surface area (Å²) in [5.74, 6) is 0. The van der Waals surface area contributed by atoms with E-state index in [1.807, 2.05) is 19.1 Å². The van der Waals surface area contributed by atoms with Crippen molar-refractivity contribution in [3.05, 3.63) is 65.5 Å². The van der Waals surface area contributed by atoms with Crippen LogP contribution < -0.4 is 0 Å². The Morgan fingerprint density at radius 2 is 1.94 bits per heavy atom. The van der Waals surface area contributed by atoms with Crippen LogP contribution in [-0.4, -0.2) is 10.1 Å². The average Bonchev–Trinajstić information content (AvgIpc) is 2.40. The van der Waals surface area contributed by atoms with Gasteiger partial charge in [0.05, 0.1) is 6.10 Å². The fourth-order valence-corrected chi connectivity index (χ4v) is 2.12. The van der Waals surface area contributed by atoms with Crippen molar-refractivity contribution < 1.29 is 5.11 Å². The van der Waals surface area contributed by atoms with Gasteiger partial charge in [0.25, 0.3) is 0 Å². The van der Waals surface area contributed by atoms with Gasteiger partial charge in [0.1, 0.15) is 0 Å². The number of aromatic nitrogens is 1. The molecular formula is C16H19NO. The van der Waals surface area contributed by atoms with Crippen molar-refractivity contribution in [1.82, 2.24) is 4.98 Å². The molecule has 1 heterocycles. The van der Waals surface area contributed by atoms with Gasteiger partial charge in [-0.15, -0.1) is 0 Å². The summed E-state index contributed by atoms with van der Waals surface area (Å²) < 4.78 is 0. The van der Waals surface area contributed by atoms with Crippen LogP contribution in [0.1, 0.15) is 35.6 Å². The first-order valence-corrected chi connectivity index (χ1v) is 6.40. The summed E-state index contributed by atoms with van der Waals surface area (Å²) in [6.45, 7) is 2.01. The van der Waals surface area contributed by atoms with Crippen molar-refractivity contribution in [2.24, 2.45) is 0 Å². The first-order chi connectivity index (χ1) is 8.77. The number of benzene rings is 1. The summed E-state index contributed by atoms with van der Waals surface area (Å²) in [6, 6.07) is 12.3. The molecule has 2 rings (SSSR count). The topological polar surface area (TPSA) is 33.1 Å². The van der Waals surface area contributed by atoms with E-state index >= 15 is 0 Å². The lowest BCUT2D eigenvalue weighted by atomic mass is 10.00. The molecule has 1 aromatic carbocycles. The third-order valence-electron chi connectivity index (χ3n) is 3.22. The molecule has 1 atom stereocenters. The van der Waals surface area contributed by atoms with Gasteiger partial charge in [0.2, 0.25) is 0 Å². The second-order valence-corrected chi connectivity index (χ2v) is 4.63. The van der Waals surface area contributed by atoms with Gasteiger partial charge in [0.15, 0.2) is 0 Å². The van der Waals surface area contributed by atoms with Gasteiger partial charge >= 0.3 is 0 Å². The number of nitrogens with zero attached hydrogens (tertiary/aromatic N) is 1. The van der Waals surface area contributed by atoms with E-state index < -0.39 is 6.10 Å². The van der Waals surface area contributed by atoms with Crippen LogP contribution in [0.25, 0.3) is 0 Å². The molecule has 1 unspecified atom stereocenters. The zero-order chi connectivity index (χ0) is 12.8. The highest BCUT2D eigenvalue weighted by molar-refractivity contribution is 5.23. The van der Waals surface area contributed by atoms with Crippen molar-refractivity contribution in [2.45, 2.75) is 32.3 Å². The van der Waals surface area contributed by atoms with Crippen LogP contribution in [0.5, 0.6) is 0 Å². The zero-order valence-electron chi connectivity index (χ0n) is 10.7. The first kappa shape index (κ1) is 12.8. The van der Waals surface area contributed by atoms with E-state index in [0.717, 1.165) is 30.4 Å². The molecule has 94 valence electrons. The van der Waals surface area contributed by atoms with Gasteiger partial charge in [-0.1, -0.05) is 30.3 Å². The predicted molar refractivity (Wildman–Crippen MR) is 73.3 cm³/mol. The second kappa shape index (κ2) is 6.31. The molecule has 0 radical (unpaired) electrons. The minimum atomic E-state index is -0.401. The van der Waals surface area contributed by atoms with Gasteiger partial charge < -0.3 is 5.11 Å². The van der Waals surface area contributed by atoms with Gasteiger partial charge in [0, 0.05) is 18.0 Å². The summed E-state index contributed by atoms with van der Waals surface area (Å²) in [6.07, 6.45) is 5.90. The summed E-state index contributed by atoms with van der Waals surface area (Å²) in [7, 11) is 0. The third kappa shape index (κ3) is 3.41. The molecule has 2 nitrogen and oxygen atoms in total. The van der Waals surface area contributed by atoms with Crippen LogP contribution >= 0.6 is 0 Å². The summed E-state index contributed by atoms with van der Waals surface area (Å²) in [4.78, 5) is 4.07. The molecule has 0 fully saturated rings. The number of pyridine rings is 1. The molecule has 1 aromatic heterocycles. The fourth-order valence-electron chi connectivity index (χ4n) is 2.12. The smallest absolute Gasteiger partial charge is 0.0807 e. The molecule has 2 heteroatoms. The van der Waals surface area contributed by atoms with Crippen LogP contribution in [0.4, 0.5) is 0 Å². The number of hydrogen-bond donors (Lipinski definition) is 1. The average molecular weight is 241 g/mol. The molecule has 0 spiro atoms. The van der Waals surface area contributed by atoms with Crippen LogP contribution in [-0.2, 0) is 6.42 Å². The maximum atomic E-state index is 10.1. The van der Waals surface area contributed by atoms with Gasteiger partial charge in [-0.3, -0.25) is 4.98 Å². The van der Waals surface area contributed by atoms with E-state index in [2.05, 4.69) is 29.2 Å². The Hall–Kier alpha value is -1.67. The van der Waals surface area contributed by atoms with Crippen LogP contribution in [0.15, 0.2) is 48.8 Å². The maximum absolute atomic E-state index is 10.1. The number of aliphatic hydroxyl groups is 1. The molecule has 0 bridgehead atoms. The lowest BCUT2D eigenvalue weighted by Gasteiger charge is -2.12. The molecule has 1 N–H and O–H groups in total. The third-order valence-corrected chi connectivity index (χ3v) is 3.22. The van der Waals surface area contributed by atoms with E-state index in [-0.39, 0.29) is 0 Å². The molecule has 0 aliphatic heterocycles. The number of aliphatic hydroxyl groups excluding tert-OH is 1. The highest BCUT2D eigenvalue weighted by atomic mass is 16.3. The first-order valence-electron chi connectivity index (χ1n) is 6.40. The lowest BCUT2D eigenvalue weighted by molar-refractivity contribution is 0.163. The highest BCUT2D eigenvalue weighted by Gasteiger charge is 2.09. The quantitative estimate of drug-likeness (QED) is 0.869. The van der Waals surface area contributed by atoms with Crippen molar-refractivity contribution in [2.75, 3.05) is 0 Å². The van der Waals surface area contributed by atoms with Crippen molar-refractivity contribution >= 4 is 0 Å². The summed E-state index contributed by atoms with van der Waals surface area (Å²) in [5, 5.41) is 10.1. The van der Waals surface area contributed by atoms with E-state index in [1.165, 1.54) is 5.56 Å². The monoisotopic (exact) mass is 241 g/mol. The molecular weight excluding hydrogens is 222 g/mol. The Bertz CT molecular complexity index is 481. The fraction of sp³-hybridized carbons (Fsp3) is 0.312. The zero-order valence-corrected chi connectivity index (χ0v) is 10.7. The molecule has 2 aromatic rings. The standard InChI is InChI=1S/C16H19NO/c1-13-10-11-17-12-15(13)16(18)9-5-8-14-6-3-2-4-7-14/h2-4,6-7,10-12,16,18H,5,8-9H2,1H3. The number of hydrogen-bond acceptors (Lipinski definition) is 2. The van der Waals surface area contributed by atoms with Crippen LogP contribution in [0.3, 0.4) is 0 Å². The SMILES string of the molecule is Cc1ccncc1C(O)CCCc1ccccc1. The van der Waals surface area contributed by atoms with E-state index in [0.29, 0.717) is 0 Å². The van der Waals surface area contributed by atoms with E-state index in [1.54, 1.807) is 12.4 Å². The normalized spacial score (nSPS) is 12.3. The number of rotatable bonds is 5. The van der Waals surface area contributed by atoms with Crippen LogP contribution in [0.2, 0.25) is 0 Å². The molecule has 0 saturated carbocycles. The lowest BCUT2D eigenvalue weighted by Crippen LogP contribution is -2.01. The molecule has 0 aliphatic carbocycles. The Morgan fingerprint density at radius 1 is 1.17 bits per heavy atom. The predicted octanol–water partition coefficient (Wildman–Crippen LogP) is 3.45. The van der Waals surface area contributed by atoms with Gasteiger partial charge in [-0.05, 0) is 43.4 Å². The second-order valence-electron chi connectivity index (χ2n) is 4.63. The Kier molecular flexibility index (Phi) is 4.48. The maximum Gasteiger partial charge on any atom is 0.0807 e. The minimum Gasteiger partial charge on any atom is -0.388 e. The largest absolute Gasteiger partial charge is 0.388 e. The molecule has 0 aliphatic rings. The minimum absolute atomic E-state index is 0.401.